The normalized spacial score (nSPS) is 16.9. The van der Waals surface area contributed by atoms with E-state index in [4.69, 9.17) is 5.21 Å². The lowest BCUT2D eigenvalue weighted by Gasteiger charge is -2.23. The second-order valence-electron chi connectivity index (χ2n) is 5.72. The largest absolute Gasteiger partial charge is 0.330 e. The highest BCUT2D eigenvalue weighted by atomic mass is 16.5. The van der Waals surface area contributed by atoms with Gasteiger partial charge < -0.3 is 4.90 Å². The second kappa shape index (κ2) is 7.18. The van der Waals surface area contributed by atoms with E-state index < -0.39 is 11.9 Å². The van der Waals surface area contributed by atoms with E-state index >= 15 is 0 Å². The Labute approximate surface area is 139 Å². The Morgan fingerprint density at radius 3 is 2.54 bits per heavy atom. The molecule has 1 aromatic carbocycles. The Bertz CT molecular complexity index is 718. The van der Waals surface area contributed by atoms with Crippen molar-refractivity contribution in [3.05, 3.63) is 48.5 Å². The van der Waals surface area contributed by atoms with Gasteiger partial charge in [-0.3, -0.25) is 14.8 Å². The van der Waals surface area contributed by atoms with Crippen molar-refractivity contribution in [1.82, 2.24) is 20.3 Å². The first-order valence-electron chi connectivity index (χ1n) is 7.77. The van der Waals surface area contributed by atoms with E-state index in [1.54, 1.807) is 17.9 Å². The lowest BCUT2D eigenvalue weighted by molar-refractivity contribution is -0.142. The van der Waals surface area contributed by atoms with Crippen LogP contribution in [0.2, 0.25) is 0 Å². The lowest BCUT2D eigenvalue weighted by Crippen LogP contribution is -2.45. The zero-order valence-electron chi connectivity index (χ0n) is 13.1. The summed E-state index contributed by atoms with van der Waals surface area (Å²) in [5.74, 6) is -0.642. The van der Waals surface area contributed by atoms with Crippen LogP contribution in [0.25, 0.3) is 11.1 Å². The highest BCUT2D eigenvalue weighted by Gasteiger charge is 2.33. The maximum atomic E-state index is 12.4. The minimum absolute atomic E-state index is 0.114. The van der Waals surface area contributed by atoms with Crippen molar-refractivity contribution >= 4 is 11.8 Å². The molecular formula is C17H18N4O3. The van der Waals surface area contributed by atoms with Crippen molar-refractivity contribution in [1.29, 1.82) is 0 Å². The van der Waals surface area contributed by atoms with Crippen LogP contribution in [-0.4, -0.2) is 44.5 Å². The molecule has 2 heterocycles. The number of hydrogen-bond donors (Lipinski definition) is 2. The van der Waals surface area contributed by atoms with Crippen LogP contribution in [0.5, 0.6) is 0 Å². The summed E-state index contributed by atoms with van der Waals surface area (Å²) < 4.78 is 0. The molecule has 0 unspecified atom stereocenters. The highest BCUT2D eigenvalue weighted by Crippen LogP contribution is 2.21. The lowest BCUT2D eigenvalue weighted by atomic mass is 10.0. The molecule has 1 atom stereocenters. The number of hydrogen-bond acceptors (Lipinski definition) is 5. The van der Waals surface area contributed by atoms with E-state index in [0.29, 0.717) is 13.0 Å². The molecule has 1 saturated heterocycles. The predicted octanol–water partition coefficient (Wildman–Crippen LogP) is 1.18. The SMILES string of the molecule is O=C(NO)[C@H]1CCCN1C(=O)Cc1ccc(-c2cncnc2)cc1. The second-order valence-corrected chi connectivity index (χ2v) is 5.72. The average molecular weight is 326 g/mol. The third kappa shape index (κ3) is 3.41. The standard InChI is InChI=1S/C17H18N4O3/c22-16(21-7-1-2-15(21)17(23)20-24)8-12-3-5-13(6-4-12)14-9-18-11-19-10-14/h3-6,9-11,15,24H,1-2,7-8H2,(H,20,23)/t15-/m1/s1. The number of amides is 2. The molecule has 2 aromatic rings. The molecule has 7 heteroatoms. The summed E-state index contributed by atoms with van der Waals surface area (Å²) in [5, 5.41) is 8.78. The van der Waals surface area contributed by atoms with Gasteiger partial charge in [0.15, 0.2) is 0 Å². The molecule has 0 bridgehead atoms. The summed E-state index contributed by atoms with van der Waals surface area (Å²) in [5.41, 5.74) is 4.40. The van der Waals surface area contributed by atoms with Crippen molar-refractivity contribution in [3.63, 3.8) is 0 Å². The topological polar surface area (TPSA) is 95.4 Å². The molecular weight excluding hydrogens is 308 g/mol. The van der Waals surface area contributed by atoms with Crippen LogP contribution in [0.15, 0.2) is 43.0 Å². The van der Waals surface area contributed by atoms with Gasteiger partial charge in [-0.1, -0.05) is 24.3 Å². The summed E-state index contributed by atoms with van der Waals surface area (Å²) in [6, 6.07) is 7.03. The fourth-order valence-electron chi connectivity index (χ4n) is 2.95. The fourth-order valence-corrected chi connectivity index (χ4v) is 2.95. The molecule has 0 saturated carbocycles. The number of aromatic nitrogens is 2. The summed E-state index contributed by atoms with van der Waals surface area (Å²) in [6.07, 6.45) is 6.50. The number of hydroxylamine groups is 1. The Hall–Kier alpha value is -2.80. The summed E-state index contributed by atoms with van der Waals surface area (Å²) in [6.45, 7) is 0.538. The van der Waals surface area contributed by atoms with E-state index in [9.17, 15) is 9.59 Å². The molecule has 0 radical (unpaired) electrons. The van der Waals surface area contributed by atoms with Gasteiger partial charge in [0.2, 0.25) is 5.91 Å². The van der Waals surface area contributed by atoms with Gasteiger partial charge in [0.05, 0.1) is 6.42 Å². The minimum atomic E-state index is -0.580. The van der Waals surface area contributed by atoms with E-state index in [0.717, 1.165) is 23.1 Å². The van der Waals surface area contributed by atoms with Crippen molar-refractivity contribution in [3.8, 4) is 11.1 Å². The van der Waals surface area contributed by atoms with Crippen LogP contribution in [0.4, 0.5) is 0 Å². The molecule has 124 valence electrons. The van der Waals surface area contributed by atoms with Crippen molar-refractivity contribution < 1.29 is 14.8 Å². The summed E-state index contributed by atoms with van der Waals surface area (Å²) >= 11 is 0. The van der Waals surface area contributed by atoms with Gasteiger partial charge in [0.1, 0.15) is 12.4 Å². The molecule has 1 fully saturated rings. The third-order valence-electron chi connectivity index (χ3n) is 4.19. The van der Waals surface area contributed by atoms with Gasteiger partial charge in [-0.25, -0.2) is 15.4 Å². The monoisotopic (exact) mass is 326 g/mol. The van der Waals surface area contributed by atoms with E-state index in [-0.39, 0.29) is 12.3 Å². The highest BCUT2D eigenvalue weighted by molar-refractivity contribution is 5.88. The van der Waals surface area contributed by atoms with Gasteiger partial charge in [-0.2, -0.15) is 0 Å². The van der Waals surface area contributed by atoms with Crippen LogP contribution in [0, 0.1) is 0 Å². The van der Waals surface area contributed by atoms with Gasteiger partial charge in [-0.05, 0) is 24.0 Å². The molecule has 1 aliphatic heterocycles. The van der Waals surface area contributed by atoms with Crippen molar-refractivity contribution in [2.45, 2.75) is 25.3 Å². The van der Waals surface area contributed by atoms with E-state index in [2.05, 4.69) is 9.97 Å². The molecule has 3 rings (SSSR count). The average Bonchev–Trinajstić information content (AvgIpc) is 3.12. The molecule has 7 nitrogen and oxygen atoms in total. The van der Waals surface area contributed by atoms with Crippen LogP contribution in [0.3, 0.4) is 0 Å². The number of nitrogens with zero attached hydrogens (tertiary/aromatic N) is 3. The van der Waals surface area contributed by atoms with E-state index in [1.165, 1.54) is 11.2 Å². The molecule has 1 aromatic heterocycles. The number of rotatable bonds is 4. The summed E-state index contributed by atoms with van der Waals surface area (Å²) in [7, 11) is 0. The Kier molecular flexibility index (Phi) is 4.81. The first-order chi connectivity index (χ1) is 11.7. The zero-order chi connectivity index (χ0) is 16.9. The first kappa shape index (κ1) is 16.1. The molecule has 0 aliphatic carbocycles. The smallest absolute Gasteiger partial charge is 0.266 e. The maximum Gasteiger partial charge on any atom is 0.266 e. The number of carbonyl (C=O) groups excluding carboxylic acids is 2. The van der Waals surface area contributed by atoms with Crippen LogP contribution < -0.4 is 5.48 Å². The van der Waals surface area contributed by atoms with E-state index in [1.807, 2.05) is 24.3 Å². The van der Waals surface area contributed by atoms with Crippen molar-refractivity contribution in [2.24, 2.45) is 0 Å². The van der Waals surface area contributed by atoms with Gasteiger partial charge in [-0.15, -0.1) is 0 Å². The van der Waals surface area contributed by atoms with Gasteiger partial charge in [0, 0.05) is 24.5 Å². The third-order valence-corrected chi connectivity index (χ3v) is 4.19. The van der Waals surface area contributed by atoms with Crippen LogP contribution in [0.1, 0.15) is 18.4 Å². The zero-order valence-corrected chi connectivity index (χ0v) is 13.1. The fraction of sp³-hybridized carbons (Fsp3) is 0.294. The minimum Gasteiger partial charge on any atom is -0.330 e. The molecule has 2 amide bonds. The molecule has 0 spiro atoms. The first-order valence-corrected chi connectivity index (χ1v) is 7.77. The Morgan fingerprint density at radius 1 is 1.17 bits per heavy atom. The maximum absolute atomic E-state index is 12.4. The Balaban J connectivity index is 1.67. The van der Waals surface area contributed by atoms with Crippen molar-refractivity contribution in [2.75, 3.05) is 6.54 Å². The van der Waals surface area contributed by atoms with Crippen LogP contribution >= 0.6 is 0 Å². The molecule has 2 N–H and O–H groups in total. The molecule has 1 aliphatic rings. The van der Waals surface area contributed by atoms with Crippen LogP contribution in [-0.2, 0) is 16.0 Å². The number of benzene rings is 1. The number of nitrogens with one attached hydrogen (secondary N) is 1. The quantitative estimate of drug-likeness (QED) is 0.650. The molecule has 24 heavy (non-hydrogen) atoms. The number of likely N-dealkylation sites (tertiary alicyclic amines) is 1. The Morgan fingerprint density at radius 2 is 1.88 bits per heavy atom. The summed E-state index contributed by atoms with van der Waals surface area (Å²) in [4.78, 5) is 33.6. The number of carbonyl (C=O) groups is 2. The van der Waals surface area contributed by atoms with Gasteiger partial charge in [0.25, 0.3) is 5.91 Å². The van der Waals surface area contributed by atoms with Gasteiger partial charge >= 0.3 is 0 Å². The predicted molar refractivity (Wildman–Crippen MR) is 85.8 cm³/mol.